The molecule has 0 spiro atoms. The standard InChI is InChI=1S/C14H25N3O/c1-4-9-16-13(12(5-2)18-6-3)11-8-7-10-17-14(11)15/h7-8,10,12-13,16H,4-6,9H2,1-3H3,(H2,15,17). The zero-order chi connectivity index (χ0) is 13.4. The Balaban J connectivity index is 2.92. The largest absolute Gasteiger partial charge is 0.383 e. The molecule has 4 nitrogen and oxygen atoms in total. The molecule has 0 aliphatic rings. The van der Waals surface area contributed by atoms with Crippen molar-refractivity contribution < 1.29 is 4.74 Å². The molecule has 1 heterocycles. The number of nitrogens with zero attached hydrogens (tertiary/aromatic N) is 1. The summed E-state index contributed by atoms with van der Waals surface area (Å²) in [6.07, 6.45) is 3.88. The van der Waals surface area contributed by atoms with Crippen molar-refractivity contribution in [2.24, 2.45) is 0 Å². The minimum atomic E-state index is 0.114. The lowest BCUT2D eigenvalue weighted by Gasteiger charge is -2.28. The Kier molecular flexibility index (Phi) is 6.68. The molecule has 0 saturated heterocycles. The minimum absolute atomic E-state index is 0.114. The molecule has 0 amide bonds. The fourth-order valence-electron chi connectivity index (χ4n) is 2.10. The Bertz CT molecular complexity index is 344. The van der Waals surface area contributed by atoms with Gasteiger partial charge in [0.15, 0.2) is 0 Å². The first-order valence-electron chi connectivity index (χ1n) is 6.79. The summed E-state index contributed by atoms with van der Waals surface area (Å²) in [4.78, 5) is 4.17. The molecule has 1 aromatic rings. The topological polar surface area (TPSA) is 60.2 Å². The number of hydrogen-bond donors (Lipinski definition) is 2. The van der Waals surface area contributed by atoms with Crippen molar-refractivity contribution >= 4 is 5.82 Å². The summed E-state index contributed by atoms with van der Waals surface area (Å²) in [5.41, 5.74) is 7.01. The van der Waals surface area contributed by atoms with Crippen molar-refractivity contribution in [2.45, 2.75) is 45.8 Å². The molecule has 2 unspecified atom stereocenters. The summed E-state index contributed by atoms with van der Waals surface area (Å²) in [6, 6.07) is 4.06. The van der Waals surface area contributed by atoms with Gasteiger partial charge in [-0.3, -0.25) is 0 Å². The summed E-state index contributed by atoms with van der Waals surface area (Å²) < 4.78 is 5.81. The Morgan fingerprint density at radius 2 is 2.17 bits per heavy atom. The summed E-state index contributed by atoms with van der Waals surface area (Å²) in [7, 11) is 0. The van der Waals surface area contributed by atoms with Gasteiger partial charge in [0.25, 0.3) is 0 Å². The van der Waals surface area contributed by atoms with Gasteiger partial charge < -0.3 is 15.8 Å². The van der Waals surface area contributed by atoms with E-state index in [9.17, 15) is 0 Å². The second kappa shape index (κ2) is 8.06. The van der Waals surface area contributed by atoms with Gasteiger partial charge in [0.05, 0.1) is 12.1 Å². The second-order valence-corrected chi connectivity index (χ2v) is 4.31. The number of rotatable bonds is 8. The van der Waals surface area contributed by atoms with Crippen molar-refractivity contribution in [3.8, 4) is 0 Å². The third-order valence-corrected chi connectivity index (χ3v) is 2.98. The van der Waals surface area contributed by atoms with E-state index >= 15 is 0 Å². The number of hydrogen-bond acceptors (Lipinski definition) is 4. The molecule has 2 atom stereocenters. The maximum Gasteiger partial charge on any atom is 0.128 e. The number of nitrogens with two attached hydrogens (primary N) is 1. The van der Waals surface area contributed by atoms with Gasteiger partial charge in [-0.25, -0.2) is 4.98 Å². The highest BCUT2D eigenvalue weighted by atomic mass is 16.5. The van der Waals surface area contributed by atoms with E-state index in [1.807, 2.05) is 19.1 Å². The average Bonchev–Trinajstić information content (AvgIpc) is 2.39. The molecule has 102 valence electrons. The number of ether oxygens (including phenoxy) is 1. The van der Waals surface area contributed by atoms with Crippen LogP contribution in [0.15, 0.2) is 18.3 Å². The number of aromatic nitrogens is 1. The molecule has 0 aromatic carbocycles. The highest BCUT2D eigenvalue weighted by Crippen LogP contribution is 2.25. The van der Waals surface area contributed by atoms with Gasteiger partial charge in [-0.05, 0) is 32.4 Å². The molecule has 0 radical (unpaired) electrons. The summed E-state index contributed by atoms with van der Waals surface area (Å²) in [5.74, 6) is 0.587. The van der Waals surface area contributed by atoms with Crippen LogP contribution in [0.3, 0.4) is 0 Å². The predicted octanol–water partition coefficient (Wildman–Crippen LogP) is 2.52. The van der Waals surface area contributed by atoms with Crippen LogP contribution < -0.4 is 11.1 Å². The lowest BCUT2D eigenvalue weighted by atomic mass is 10.00. The van der Waals surface area contributed by atoms with Crippen molar-refractivity contribution in [3.05, 3.63) is 23.9 Å². The van der Waals surface area contributed by atoms with E-state index in [1.165, 1.54) is 0 Å². The monoisotopic (exact) mass is 251 g/mol. The molecule has 0 bridgehead atoms. The summed E-state index contributed by atoms with van der Waals surface area (Å²) in [5, 5.41) is 3.52. The van der Waals surface area contributed by atoms with Gasteiger partial charge in [-0.1, -0.05) is 19.9 Å². The van der Waals surface area contributed by atoms with Crippen LogP contribution in [0.4, 0.5) is 5.82 Å². The molecule has 0 aliphatic heterocycles. The fraction of sp³-hybridized carbons (Fsp3) is 0.643. The first-order valence-corrected chi connectivity index (χ1v) is 6.79. The third-order valence-electron chi connectivity index (χ3n) is 2.98. The van der Waals surface area contributed by atoms with E-state index in [0.717, 1.165) is 24.9 Å². The molecule has 18 heavy (non-hydrogen) atoms. The first-order chi connectivity index (χ1) is 8.74. The third kappa shape index (κ3) is 3.96. The zero-order valence-corrected chi connectivity index (χ0v) is 11.6. The average molecular weight is 251 g/mol. The van der Waals surface area contributed by atoms with E-state index in [-0.39, 0.29) is 12.1 Å². The molecular weight excluding hydrogens is 226 g/mol. The molecule has 1 aromatic heterocycles. The number of anilines is 1. The Morgan fingerprint density at radius 1 is 1.39 bits per heavy atom. The molecule has 0 saturated carbocycles. The second-order valence-electron chi connectivity index (χ2n) is 4.31. The van der Waals surface area contributed by atoms with Gasteiger partial charge in [0.1, 0.15) is 5.82 Å². The highest BCUT2D eigenvalue weighted by molar-refractivity contribution is 5.41. The van der Waals surface area contributed by atoms with Crippen molar-refractivity contribution in [3.63, 3.8) is 0 Å². The van der Waals surface area contributed by atoms with Crippen molar-refractivity contribution in [1.29, 1.82) is 0 Å². The van der Waals surface area contributed by atoms with E-state index in [1.54, 1.807) is 6.20 Å². The SMILES string of the molecule is CCCNC(c1cccnc1N)C(CC)OCC. The normalized spacial score (nSPS) is 14.4. The molecule has 1 rings (SSSR count). The van der Waals surface area contributed by atoms with Gasteiger partial charge in [0.2, 0.25) is 0 Å². The number of nitrogens with one attached hydrogen (secondary N) is 1. The maximum absolute atomic E-state index is 5.98. The predicted molar refractivity (Wildman–Crippen MR) is 75.4 cm³/mol. The molecule has 4 heteroatoms. The van der Waals surface area contributed by atoms with Crippen molar-refractivity contribution in [2.75, 3.05) is 18.9 Å². The van der Waals surface area contributed by atoms with E-state index < -0.39 is 0 Å². The fourth-order valence-corrected chi connectivity index (χ4v) is 2.10. The van der Waals surface area contributed by atoms with E-state index in [0.29, 0.717) is 12.4 Å². The zero-order valence-electron chi connectivity index (χ0n) is 11.6. The molecular formula is C14H25N3O. The smallest absolute Gasteiger partial charge is 0.128 e. The van der Waals surface area contributed by atoms with Gasteiger partial charge in [-0.15, -0.1) is 0 Å². The van der Waals surface area contributed by atoms with Crippen LogP contribution in [-0.2, 0) is 4.74 Å². The number of pyridine rings is 1. The van der Waals surface area contributed by atoms with Crippen molar-refractivity contribution in [1.82, 2.24) is 10.3 Å². The van der Waals surface area contributed by atoms with Crippen LogP contribution in [0.1, 0.15) is 45.2 Å². The lowest BCUT2D eigenvalue weighted by molar-refractivity contribution is 0.0315. The van der Waals surface area contributed by atoms with Crippen LogP contribution in [0.2, 0.25) is 0 Å². The van der Waals surface area contributed by atoms with Crippen LogP contribution in [-0.4, -0.2) is 24.2 Å². The minimum Gasteiger partial charge on any atom is -0.383 e. The maximum atomic E-state index is 5.98. The summed E-state index contributed by atoms with van der Waals surface area (Å²) >= 11 is 0. The van der Waals surface area contributed by atoms with Gasteiger partial charge >= 0.3 is 0 Å². The summed E-state index contributed by atoms with van der Waals surface area (Å²) in [6.45, 7) is 7.96. The first kappa shape index (κ1) is 14.9. The van der Waals surface area contributed by atoms with E-state index in [4.69, 9.17) is 10.5 Å². The van der Waals surface area contributed by atoms with Crippen LogP contribution in [0.5, 0.6) is 0 Å². The highest BCUT2D eigenvalue weighted by Gasteiger charge is 2.23. The Hall–Kier alpha value is -1.13. The van der Waals surface area contributed by atoms with Crippen LogP contribution >= 0.6 is 0 Å². The molecule has 3 N–H and O–H groups in total. The van der Waals surface area contributed by atoms with Crippen LogP contribution in [0.25, 0.3) is 0 Å². The number of nitrogen functional groups attached to an aromatic ring is 1. The van der Waals surface area contributed by atoms with Gasteiger partial charge in [0, 0.05) is 18.4 Å². The lowest BCUT2D eigenvalue weighted by Crippen LogP contribution is -2.34. The molecule has 0 aliphatic carbocycles. The Morgan fingerprint density at radius 3 is 2.72 bits per heavy atom. The van der Waals surface area contributed by atoms with E-state index in [2.05, 4.69) is 24.1 Å². The molecule has 0 fully saturated rings. The van der Waals surface area contributed by atoms with Gasteiger partial charge in [-0.2, -0.15) is 0 Å². The Labute approximate surface area is 110 Å². The quantitative estimate of drug-likeness (QED) is 0.745. The van der Waals surface area contributed by atoms with Crippen LogP contribution in [0, 0.1) is 0 Å².